The van der Waals surface area contributed by atoms with Crippen molar-refractivity contribution >= 4 is 22.4 Å². The minimum Gasteiger partial charge on any atom is -0.474 e. The molecular weight excluding hydrogens is 601 g/mol. The van der Waals surface area contributed by atoms with Crippen molar-refractivity contribution in [2.24, 2.45) is 5.41 Å². The number of anilines is 2. The number of rotatable bonds is 6. The lowest BCUT2D eigenvalue weighted by molar-refractivity contribution is -0.137. The Kier molecular flexibility index (Phi) is 8.61. The quantitative estimate of drug-likeness (QED) is 0.263. The fourth-order valence-corrected chi connectivity index (χ4v) is 5.87. The lowest BCUT2D eigenvalue weighted by atomic mass is 9.96. The first-order valence-electron chi connectivity index (χ1n) is 15.1. The Morgan fingerprint density at radius 1 is 1.09 bits per heavy atom. The summed E-state index contributed by atoms with van der Waals surface area (Å²) in [5.74, 6) is -2.40. The van der Waals surface area contributed by atoms with Gasteiger partial charge in [-0.15, -0.1) is 0 Å². The van der Waals surface area contributed by atoms with Crippen LogP contribution in [0, 0.1) is 24.0 Å². The number of ether oxygens (including phenoxy) is 3. The average molecular weight is 638 g/mol. The number of benzene rings is 1. The number of hydrogen-bond acceptors (Lipinski definition) is 10. The molecule has 0 bridgehead atoms. The van der Waals surface area contributed by atoms with E-state index in [1.165, 1.54) is 0 Å². The molecule has 45 heavy (non-hydrogen) atoms. The Balaban J connectivity index is 1.48. The number of alkyl halides is 3. The highest BCUT2D eigenvalue weighted by Crippen LogP contribution is 2.47. The zero-order valence-corrected chi connectivity index (χ0v) is 25.1. The molecule has 1 atom stereocenters. The van der Waals surface area contributed by atoms with Crippen LogP contribution in [0.4, 0.5) is 33.5 Å². The first-order chi connectivity index (χ1) is 21.5. The molecule has 0 amide bonds. The minimum atomic E-state index is -5.04. The molecular formula is C30H36F5N7O3. The van der Waals surface area contributed by atoms with Crippen molar-refractivity contribution in [1.82, 2.24) is 25.2 Å². The van der Waals surface area contributed by atoms with Crippen LogP contribution in [0.5, 0.6) is 11.9 Å². The Bertz CT molecular complexity index is 1580. The highest BCUT2D eigenvalue weighted by molar-refractivity contribution is 5.96. The van der Waals surface area contributed by atoms with E-state index in [1.807, 2.05) is 0 Å². The highest BCUT2D eigenvalue weighted by atomic mass is 19.4. The molecule has 1 aromatic carbocycles. The first kappa shape index (κ1) is 31.4. The maximum absolute atomic E-state index is 16.6. The van der Waals surface area contributed by atoms with Crippen molar-refractivity contribution in [2.45, 2.75) is 45.4 Å². The van der Waals surface area contributed by atoms with Gasteiger partial charge in [-0.1, -0.05) is 0 Å². The molecule has 0 unspecified atom stereocenters. The molecule has 0 radical (unpaired) electrons. The number of nitrogens with one attached hydrogen (secondary N) is 2. The van der Waals surface area contributed by atoms with Crippen molar-refractivity contribution < 1.29 is 36.2 Å². The van der Waals surface area contributed by atoms with Gasteiger partial charge < -0.3 is 30.6 Å². The summed E-state index contributed by atoms with van der Waals surface area (Å²) in [6, 6.07) is 0.607. The number of aromatic nitrogens is 3. The molecule has 1 aliphatic carbocycles. The van der Waals surface area contributed by atoms with Gasteiger partial charge in [0.15, 0.2) is 5.82 Å². The Morgan fingerprint density at radius 2 is 1.84 bits per heavy atom. The van der Waals surface area contributed by atoms with E-state index in [1.54, 1.807) is 6.92 Å². The molecule has 2 fully saturated rings. The maximum atomic E-state index is 16.6. The molecule has 3 aliphatic rings. The molecule has 0 spiro atoms. The van der Waals surface area contributed by atoms with E-state index < -0.39 is 52.0 Å². The fourth-order valence-electron chi connectivity index (χ4n) is 5.87. The SMILES string of the molecule is Cc1c(F)c(N)cc(-c2nc3c4c(nc(OCC5(CN6CCOCC6)CC5)nc4c2F)NCCNCC[C@H](C)O3)c1C(F)(F)F. The number of pyridine rings is 1. The Morgan fingerprint density at radius 3 is 2.56 bits per heavy atom. The van der Waals surface area contributed by atoms with E-state index in [0.29, 0.717) is 39.3 Å². The molecule has 4 N–H and O–H groups in total. The van der Waals surface area contributed by atoms with Gasteiger partial charge in [0.1, 0.15) is 28.2 Å². The van der Waals surface area contributed by atoms with E-state index in [2.05, 4.69) is 30.5 Å². The van der Waals surface area contributed by atoms with Crippen molar-refractivity contribution in [3.63, 3.8) is 0 Å². The van der Waals surface area contributed by atoms with Crippen LogP contribution in [0.25, 0.3) is 22.2 Å². The summed E-state index contributed by atoms with van der Waals surface area (Å²) in [4.78, 5) is 15.5. The standard InChI is InChI=1S/C30H36F5N7O3/c1-16-3-6-37-7-8-38-26-20-25(40-28(41-26)44-15-29(4-5-29)14-42-9-11-43-12-10-42)23(32)24(39-27(20)45-16)18-13-19(36)22(31)17(2)21(18)30(33,34)35/h13,16,37H,3-12,14-15,36H2,1-2H3,(H,38,40,41)/t16-/m0/s1. The number of nitrogens with two attached hydrogens (primary N) is 1. The summed E-state index contributed by atoms with van der Waals surface area (Å²) in [6.07, 6.45) is -3.07. The largest absolute Gasteiger partial charge is 0.474 e. The van der Waals surface area contributed by atoms with Crippen molar-refractivity contribution in [3.05, 3.63) is 28.8 Å². The van der Waals surface area contributed by atoms with Crippen LogP contribution in [-0.4, -0.2) is 85.0 Å². The summed E-state index contributed by atoms with van der Waals surface area (Å²) in [6.45, 7) is 8.34. The van der Waals surface area contributed by atoms with Gasteiger partial charge in [0.2, 0.25) is 5.88 Å². The minimum absolute atomic E-state index is 0.0622. The summed E-state index contributed by atoms with van der Waals surface area (Å²) in [5.41, 5.74) is 1.12. The van der Waals surface area contributed by atoms with Gasteiger partial charge in [0.25, 0.3) is 0 Å². The molecule has 244 valence electrons. The zero-order valence-electron chi connectivity index (χ0n) is 25.1. The van der Waals surface area contributed by atoms with Gasteiger partial charge in [-0.2, -0.15) is 23.1 Å². The van der Waals surface area contributed by atoms with Crippen LogP contribution in [0.15, 0.2) is 6.07 Å². The predicted octanol–water partition coefficient (Wildman–Crippen LogP) is 4.54. The van der Waals surface area contributed by atoms with Gasteiger partial charge in [-0.25, -0.2) is 13.8 Å². The third-order valence-corrected chi connectivity index (χ3v) is 8.56. The molecule has 2 aromatic heterocycles. The van der Waals surface area contributed by atoms with E-state index in [4.69, 9.17) is 19.9 Å². The van der Waals surface area contributed by atoms with Crippen LogP contribution in [0.2, 0.25) is 0 Å². The smallest absolute Gasteiger partial charge is 0.417 e. The molecule has 2 aliphatic heterocycles. The second-order valence-electron chi connectivity index (χ2n) is 12.1. The van der Waals surface area contributed by atoms with E-state index in [9.17, 15) is 17.6 Å². The van der Waals surface area contributed by atoms with Gasteiger partial charge in [0, 0.05) is 43.7 Å². The Hall–Kier alpha value is -3.56. The summed E-state index contributed by atoms with van der Waals surface area (Å²) in [5, 5.41) is 6.49. The molecule has 3 aromatic rings. The Labute approximate surface area is 256 Å². The monoisotopic (exact) mass is 637 g/mol. The summed E-state index contributed by atoms with van der Waals surface area (Å²) >= 11 is 0. The molecule has 15 heteroatoms. The van der Waals surface area contributed by atoms with Crippen molar-refractivity contribution in [2.75, 3.05) is 70.1 Å². The van der Waals surface area contributed by atoms with Crippen LogP contribution >= 0.6 is 0 Å². The van der Waals surface area contributed by atoms with Crippen LogP contribution < -0.4 is 25.8 Å². The predicted molar refractivity (Wildman–Crippen MR) is 157 cm³/mol. The summed E-state index contributed by atoms with van der Waals surface area (Å²) < 4.78 is 91.8. The normalized spacial score (nSPS) is 20.6. The molecule has 1 saturated carbocycles. The molecule has 10 nitrogen and oxygen atoms in total. The number of nitrogens with zero attached hydrogens (tertiary/aromatic N) is 4. The van der Waals surface area contributed by atoms with Crippen LogP contribution in [0.1, 0.15) is 37.3 Å². The van der Waals surface area contributed by atoms with Crippen molar-refractivity contribution in [1.29, 1.82) is 0 Å². The van der Waals surface area contributed by atoms with Gasteiger partial charge in [-0.3, -0.25) is 4.90 Å². The number of halogens is 5. The average Bonchev–Trinajstić information content (AvgIpc) is 3.76. The maximum Gasteiger partial charge on any atom is 0.417 e. The molecule has 6 rings (SSSR count). The number of morpholine rings is 1. The van der Waals surface area contributed by atoms with Crippen LogP contribution in [0.3, 0.4) is 0 Å². The first-order valence-corrected chi connectivity index (χ1v) is 15.1. The highest BCUT2D eigenvalue weighted by Gasteiger charge is 2.45. The third-order valence-electron chi connectivity index (χ3n) is 8.56. The second-order valence-corrected chi connectivity index (χ2v) is 12.1. The molecule has 1 saturated heterocycles. The summed E-state index contributed by atoms with van der Waals surface area (Å²) in [7, 11) is 0. The van der Waals surface area contributed by atoms with Gasteiger partial charge in [0.05, 0.1) is 37.2 Å². The van der Waals surface area contributed by atoms with Crippen LogP contribution in [-0.2, 0) is 10.9 Å². The van der Waals surface area contributed by atoms with E-state index in [-0.39, 0.29) is 40.6 Å². The lowest BCUT2D eigenvalue weighted by Crippen LogP contribution is -2.41. The van der Waals surface area contributed by atoms with Gasteiger partial charge in [-0.05, 0) is 51.3 Å². The number of nitrogen functional groups attached to an aromatic ring is 1. The van der Waals surface area contributed by atoms with Crippen molar-refractivity contribution in [3.8, 4) is 23.1 Å². The molecule has 4 heterocycles. The fraction of sp³-hybridized carbons (Fsp3) is 0.567. The topological polar surface area (TPSA) is 120 Å². The second kappa shape index (κ2) is 12.3. The zero-order chi connectivity index (χ0) is 31.9. The van der Waals surface area contributed by atoms with Gasteiger partial charge >= 0.3 is 12.2 Å². The van der Waals surface area contributed by atoms with E-state index in [0.717, 1.165) is 45.5 Å². The van der Waals surface area contributed by atoms with E-state index >= 15 is 4.39 Å². The number of hydrogen-bond donors (Lipinski definition) is 3. The third kappa shape index (κ3) is 6.56. The lowest BCUT2D eigenvalue weighted by Gasteiger charge is -2.30.